The number of amides is 1. The Morgan fingerprint density at radius 2 is 1.60 bits per heavy atom. The fourth-order valence-corrected chi connectivity index (χ4v) is 6.35. The zero-order valence-electron chi connectivity index (χ0n) is 26.9. The average Bonchev–Trinajstić information content (AvgIpc) is 3.13. The summed E-state index contributed by atoms with van der Waals surface area (Å²) >= 11 is 0. The van der Waals surface area contributed by atoms with Gasteiger partial charge in [-0.25, -0.2) is 18.0 Å². The van der Waals surface area contributed by atoms with Crippen LogP contribution in [-0.4, -0.2) is 102 Å². The zero-order chi connectivity index (χ0) is 34.2. The van der Waals surface area contributed by atoms with Crippen molar-refractivity contribution in [3.8, 4) is 16.9 Å². The molecular formula is C33H43N5O9S. The summed E-state index contributed by atoms with van der Waals surface area (Å²) in [5.74, 6) is 4.84. The highest BCUT2D eigenvalue weighted by Gasteiger charge is 2.38. The smallest absolute Gasteiger partial charge is 0.407 e. The van der Waals surface area contributed by atoms with Gasteiger partial charge in [-0.3, -0.25) is 9.74 Å². The number of sulfonamides is 1. The lowest BCUT2D eigenvalue weighted by Crippen LogP contribution is -2.48. The van der Waals surface area contributed by atoms with Crippen LogP contribution in [-0.2, 0) is 40.6 Å². The fraction of sp³-hybridized carbons (Fsp3) is 0.394. The van der Waals surface area contributed by atoms with Gasteiger partial charge in [0.25, 0.3) is 10.0 Å². The molecule has 0 saturated carbocycles. The highest BCUT2D eigenvalue weighted by atomic mass is 32.2. The Balaban J connectivity index is 1.44. The molecular weight excluding hydrogens is 642 g/mol. The molecule has 260 valence electrons. The Morgan fingerprint density at radius 3 is 2.25 bits per heavy atom. The van der Waals surface area contributed by atoms with Gasteiger partial charge in [-0.2, -0.15) is 5.90 Å². The van der Waals surface area contributed by atoms with Gasteiger partial charge < -0.3 is 29.7 Å². The van der Waals surface area contributed by atoms with E-state index in [2.05, 4.69) is 20.4 Å². The number of alkyl carbamates (subject to hydrolysis) is 1. The summed E-state index contributed by atoms with van der Waals surface area (Å²) < 4.78 is 44.7. The van der Waals surface area contributed by atoms with Crippen molar-refractivity contribution in [2.75, 3.05) is 66.2 Å². The largest absolute Gasteiger partial charge is 0.497 e. The van der Waals surface area contributed by atoms with Crippen molar-refractivity contribution in [2.24, 2.45) is 5.90 Å². The number of nitrogens with two attached hydrogens (primary N) is 1. The highest BCUT2D eigenvalue weighted by molar-refractivity contribution is 7.89. The van der Waals surface area contributed by atoms with Crippen molar-refractivity contribution < 1.29 is 41.9 Å². The van der Waals surface area contributed by atoms with E-state index in [-0.39, 0.29) is 37.7 Å². The molecule has 1 amide bonds. The van der Waals surface area contributed by atoms with Crippen molar-refractivity contribution in [3.05, 3.63) is 84.4 Å². The minimum absolute atomic E-state index is 0.0335. The molecule has 48 heavy (non-hydrogen) atoms. The Morgan fingerprint density at radius 1 is 0.938 bits per heavy atom. The van der Waals surface area contributed by atoms with Crippen molar-refractivity contribution in [1.29, 1.82) is 0 Å². The highest BCUT2D eigenvalue weighted by Crippen LogP contribution is 2.26. The molecule has 1 saturated heterocycles. The monoisotopic (exact) mass is 685 g/mol. The Hall–Kier alpha value is -4.09. The third kappa shape index (κ3) is 11.0. The van der Waals surface area contributed by atoms with Gasteiger partial charge in [-0.05, 0) is 47.4 Å². The van der Waals surface area contributed by atoms with E-state index >= 15 is 0 Å². The number of methoxy groups -OCH3 is 1. The first-order valence-electron chi connectivity index (χ1n) is 15.6. The number of carbonyl (C=O) groups excluding carboxylic acids is 2. The van der Waals surface area contributed by atoms with Gasteiger partial charge in [0.15, 0.2) is 6.04 Å². The summed E-state index contributed by atoms with van der Waals surface area (Å²) in [4.78, 5) is 37.5. The predicted octanol–water partition coefficient (Wildman–Crippen LogP) is 2.31. The number of nitrogens with one attached hydrogen (secondary N) is 2. The first-order valence-corrected chi connectivity index (χ1v) is 17.0. The third-order valence-electron chi connectivity index (χ3n) is 7.56. The first kappa shape index (κ1) is 36.7. The molecule has 0 bridgehead atoms. The lowest BCUT2D eigenvalue weighted by Gasteiger charge is -2.28. The van der Waals surface area contributed by atoms with E-state index in [1.54, 1.807) is 43.5 Å². The van der Waals surface area contributed by atoms with Gasteiger partial charge in [0.2, 0.25) is 0 Å². The minimum atomic E-state index is -4.45. The van der Waals surface area contributed by atoms with Crippen LogP contribution in [0.1, 0.15) is 12.0 Å². The van der Waals surface area contributed by atoms with E-state index < -0.39 is 28.1 Å². The molecule has 1 fully saturated rings. The van der Waals surface area contributed by atoms with Crippen molar-refractivity contribution in [1.82, 2.24) is 20.0 Å². The molecule has 1 aliphatic heterocycles. The number of piperazine rings is 1. The molecule has 14 nitrogen and oxygen atoms in total. The molecule has 3 aromatic rings. The van der Waals surface area contributed by atoms with E-state index in [4.69, 9.17) is 24.9 Å². The average molecular weight is 686 g/mol. The summed E-state index contributed by atoms with van der Waals surface area (Å²) in [5.41, 5.74) is 2.40. The van der Waals surface area contributed by atoms with Crippen molar-refractivity contribution in [3.63, 3.8) is 0 Å². The minimum Gasteiger partial charge on any atom is -0.497 e. The predicted molar refractivity (Wildman–Crippen MR) is 177 cm³/mol. The van der Waals surface area contributed by atoms with Gasteiger partial charge in [-0.1, -0.05) is 59.1 Å². The van der Waals surface area contributed by atoms with Crippen LogP contribution in [0.25, 0.3) is 11.1 Å². The standard InChI is InChI=1S/C33H43N5O9S/c1-43-29-11-7-27(8-12-29)28-9-13-30(14-10-28)48(41,42)38(46-24-23-44-22-21-37-19-17-35-18-20-37)31(32(39)47-34)15-16-36-33(40)45-25-26-5-3-2-4-6-26/h2-14,31,35H,15-25,34H2,1H3,(H,36,40)/t31-/m1/s1. The van der Waals surface area contributed by atoms with Gasteiger partial charge in [0.1, 0.15) is 12.4 Å². The lowest BCUT2D eigenvalue weighted by atomic mass is 10.1. The van der Waals surface area contributed by atoms with E-state index in [1.165, 1.54) is 12.1 Å². The maximum Gasteiger partial charge on any atom is 0.407 e. The molecule has 0 spiro atoms. The molecule has 3 aromatic carbocycles. The Kier molecular flexibility index (Phi) is 14.6. The normalized spacial score (nSPS) is 14.3. The van der Waals surface area contributed by atoms with Gasteiger partial charge in [-0.15, -0.1) is 0 Å². The summed E-state index contributed by atoms with van der Waals surface area (Å²) in [6, 6.07) is 21.0. The summed E-state index contributed by atoms with van der Waals surface area (Å²) in [6.45, 7) is 4.55. The second-order valence-corrected chi connectivity index (χ2v) is 12.6. The Bertz CT molecular complexity index is 1520. The summed E-state index contributed by atoms with van der Waals surface area (Å²) in [5, 5.41) is 5.82. The molecule has 0 aliphatic carbocycles. The van der Waals surface area contributed by atoms with E-state index in [0.29, 0.717) is 16.8 Å². The van der Waals surface area contributed by atoms with Gasteiger partial charge in [0, 0.05) is 39.3 Å². The second-order valence-electron chi connectivity index (χ2n) is 10.8. The van der Waals surface area contributed by atoms with Crippen LogP contribution in [0.3, 0.4) is 0 Å². The number of carbonyl (C=O) groups is 2. The van der Waals surface area contributed by atoms with Gasteiger partial charge in [0.05, 0.1) is 31.8 Å². The zero-order valence-corrected chi connectivity index (χ0v) is 27.7. The van der Waals surface area contributed by atoms with Gasteiger partial charge >= 0.3 is 12.1 Å². The number of benzene rings is 3. The fourth-order valence-electron chi connectivity index (χ4n) is 4.92. The number of hydrogen-bond acceptors (Lipinski definition) is 12. The Labute approximate surface area is 281 Å². The second kappa shape index (κ2) is 19.0. The molecule has 4 rings (SSSR count). The number of hydrogen-bond donors (Lipinski definition) is 3. The molecule has 1 aliphatic rings. The van der Waals surface area contributed by atoms with E-state index in [1.807, 2.05) is 30.3 Å². The quantitative estimate of drug-likeness (QED) is 0.132. The molecule has 0 unspecified atom stereocenters. The number of rotatable bonds is 18. The maximum absolute atomic E-state index is 14.0. The summed E-state index contributed by atoms with van der Waals surface area (Å²) in [6.07, 6.45) is -0.982. The van der Waals surface area contributed by atoms with E-state index in [0.717, 1.165) is 49.4 Å². The van der Waals surface area contributed by atoms with Crippen LogP contribution in [0.15, 0.2) is 83.8 Å². The van der Waals surface area contributed by atoms with Crippen LogP contribution in [0.5, 0.6) is 5.75 Å². The van der Waals surface area contributed by atoms with E-state index in [9.17, 15) is 18.0 Å². The van der Waals surface area contributed by atoms with Crippen LogP contribution < -0.4 is 21.3 Å². The number of hydroxylamine groups is 1. The van der Waals surface area contributed by atoms with Crippen LogP contribution in [0.2, 0.25) is 0 Å². The van der Waals surface area contributed by atoms with Crippen molar-refractivity contribution >= 4 is 22.1 Å². The third-order valence-corrected chi connectivity index (χ3v) is 9.26. The molecule has 1 heterocycles. The topological polar surface area (TPSA) is 171 Å². The number of nitrogens with zero attached hydrogens (tertiary/aromatic N) is 2. The molecule has 1 atom stereocenters. The van der Waals surface area contributed by atoms with Crippen molar-refractivity contribution in [2.45, 2.75) is 24.0 Å². The molecule has 0 aromatic heterocycles. The number of ether oxygens (including phenoxy) is 3. The van der Waals surface area contributed by atoms with Crippen LogP contribution >= 0.6 is 0 Å². The first-order chi connectivity index (χ1) is 23.3. The summed E-state index contributed by atoms with van der Waals surface area (Å²) in [7, 11) is -2.88. The van der Waals surface area contributed by atoms with Crippen LogP contribution in [0, 0.1) is 0 Å². The van der Waals surface area contributed by atoms with Crippen LogP contribution in [0.4, 0.5) is 4.79 Å². The SMILES string of the molecule is COc1ccc(-c2ccc(S(=O)(=O)N(OCCOCCN3CCNCC3)[C@H](CCNC(=O)OCc3ccccc3)C(=O)ON)cc2)cc1. The molecule has 15 heteroatoms. The molecule has 0 radical (unpaired) electrons. The molecule has 4 N–H and O–H groups in total. The maximum atomic E-state index is 14.0. The lowest BCUT2D eigenvalue weighted by molar-refractivity contribution is -0.172.